The van der Waals surface area contributed by atoms with E-state index >= 15 is 0 Å². The number of ether oxygens (including phenoxy) is 1. The molecule has 94 valence electrons. The van der Waals surface area contributed by atoms with Crippen molar-refractivity contribution < 1.29 is 9.13 Å². The molecule has 0 radical (unpaired) electrons. The molecule has 0 fully saturated rings. The van der Waals surface area contributed by atoms with Crippen molar-refractivity contribution in [3.8, 4) is 5.75 Å². The molecule has 0 saturated carbocycles. The normalized spacial score (nSPS) is 10.2. The summed E-state index contributed by atoms with van der Waals surface area (Å²) in [4.78, 5) is 0. The number of benzene rings is 2. The number of anilines is 1. The highest BCUT2D eigenvalue weighted by molar-refractivity contribution is 5.51. The largest absolute Gasteiger partial charge is 0.497 e. The predicted octanol–water partition coefficient (Wildman–Crippen LogP) is 3.75. The van der Waals surface area contributed by atoms with Gasteiger partial charge in [0.15, 0.2) is 0 Å². The predicted molar refractivity (Wildman–Crippen MR) is 71.5 cm³/mol. The minimum absolute atomic E-state index is 0.185. The molecule has 1 N–H and O–H groups in total. The minimum atomic E-state index is -0.185. The van der Waals surface area contributed by atoms with Crippen molar-refractivity contribution in [3.63, 3.8) is 0 Å². The second kappa shape index (κ2) is 5.54. The molecule has 0 amide bonds. The van der Waals surface area contributed by atoms with Crippen molar-refractivity contribution in [3.05, 3.63) is 59.4 Å². The van der Waals surface area contributed by atoms with Crippen molar-refractivity contribution in [2.75, 3.05) is 12.4 Å². The summed E-state index contributed by atoms with van der Waals surface area (Å²) in [7, 11) is 1.64. The lowest BCUT2D eigenvalue weighted by Gasteiger charge is -2.10. The van der Waals surface area contributed by atoms with E-state index < -0.39 is 0 Å². The molecular formula is C15H16FNO. The van der Waals surface area contributed by atoms with Crippen molar-refractivity contribution in [2.45, 2.75) is 13.5 Å². The van der Waals surface area contributed by atoms with Crippen LogP contribution < -0.4 is 10.1 Å². The van der Waals surface area contributed by atoms with Gasteiger partial charge in [0.1, 0.15) is 11.6 Å². The third kappa shape index (κ3) is 2.80. The van der Waals surface area contributed by atoms with Crippen LogP contribution in [0.5, 0.6) is 5.75 Å². The molecule has 0 unspecified atom stereocenters. The lowest BCUT2D eigenvalue weighted by Crippen LogP contribution is -2.02. The molecule has 0 aromatic heterocycles. The Morgan fingerprint density at radius 1 is 1.11 bits per heavy atom. The summed E-state index contributed by atoms with van der Waals surface area (Å²) >= 11 is 0. The third-order valence-corrected chi connectivity index (χ3v) is 2.91. The maximum absolute atomic E-state index is 13.3. The van der Waals surface area contributed by atoms with Crippen LogP contribution in [0.25, 0.3) is 0 Å². The average molecular weight is 245 g/mol. The van der Waals surface area contributed by atoms with Crippen LogP contribution in [-0.4, -0.2) is 7.11 Å². The second-order valence-corrected chi connectivity index (χ2v) is 4.11. The van der Waals surface area contributed by atoms with Gasteiger partial charge in [-0.2, -0.15) is 0 Å². The average Bonchev–Trinajstić information content (AvgIpc) is 2.41. The van der Waals surface area contributed by atoms with Crippen LogP contribution in [0.15, 0.2) is 42.5 Å². The van der Waals surface area contributed by atoms with E-state index in [9.17, 15) is 4.39 Å². The molecule has 0 aliphatic rings. The van der Waals surface area contributed by atoms with Gasteiger partial charge in [-0.15, -0.1) is 0 Å². The van der Waals surface area contributed by atoms with Gasteiger partial charge in [-0.05, 0) is 36.8 Å². The molecule has 0 aliphatic heterocycles. The Balaban J connectivity index is 2.04. The fraction of sp³-hybridized carbons (Fsp3) is 0.200. The Kier molecular flexibility index (Phi) is 3.82. The topological polar surface area (TPSA) is 21.3 Å². The molecule has 2 nitrogen and oxygen atoms in total. The van der Waals surface area contributed by atoms with E-state index in [1.54, 1.807) is 20.1 Å². The van der Waals surface area contributed by atoms with E-state index in [1.807, 2.05) is 30.3 Å². The van der Waals surface area contributed by atoms with Gasteiger partial charge in [0.25, 0.3) is 0 Å². The summed E-state index contributed by atoms with van der Waals surface area (Å²) in [6, 6.07) is 12.8. The molecule has 0 bridgehead atoms. The van der Waals surface area contributed by atoms with Crippen molar-refractivity contribution in [2.24, 2.45) is 0 Å². The van der Waals surface area contributed by atoms with Crippen LogP contribution >= 0.6 is 0 Å². The maximum atomic E-state index is 13.3. The Morgan fingerprint density at radius 3 is 2.50 bits per heavy atom. The fourth-order valence-corrected chi connectivity index (χ4v) is 1.74. The molecule has 0 aliphatic carbocycles. The third-order valence-electron chi connectivity index (χ3n) is 2.91. The Hall–Kier alpha value is -2.03. The summed E-state index contributed by atoms with van der Waals surface area (Å²) in [5.74, 6) is 0.649. The number of nitrogens with one attached hydrogen (secondary N) is 1. The Bertz CT molecular complexity index is 523. The van der Waals surface area contributed by atoms with Gasteiger partial charge >= 0.3 is 0 Å². The molecule has 0 saturated heterocycles. The first-order valence-corrected chi connectivity index (χ1v) is 5.82. The zero-order valence-electron chi connectivity index (χ0n) is 10.5. The van der Waals surface area contributed by atoms with Crippen LogP contribution in [-0.2, 0) is 6.54 Å². The quantitative estimate of drug-likeness (QED) is 0.885. The molecule has 2 aromatic rings. The first-order valence-electron chi connectivity index (χ1n) is 5.82. The van der Waals surface area contributed by atoms with Crippen LogP contribution in [0.1, 0.15) is 11.1 Å². The summed E-state index contributed by atoms with van der Waals surface area (Å²) in [6.45, 7) is 2.43. The highest BCUT2D eigenvalue weighted by atomic mass is 19.1. The summed E-state index contributed by atoms with van der Waals surface area (Å²) in [5.41, 5.74) is 2.59. The summed E-state index contributed by atoms with van der Waals surface area (Å²) in [6.07, 6.45) is 0. The van der Waals surface area contributed by atoms with E-state index in [4.69, 9.17) is 4.74 Å². The highest BCUT2D eigenvalue weighted by Crippen LogP contribution is 2.19. The first-order chi connectivity index (χ1) is 8.70. The first kappa shape index (κ1) is 12.4. The Labute approximate surface area is 106 Å². The highest BCUT2D eigenvalue weighted by Gasteiger charge is 2.02. The van der Waals surface area contributed by atoms with Crippen LogP contribution in [0, 0.1) is 12.7 Å². The van der Waals surface area contributed by atoms with Crippen molar-refractivity contribution in [1.82, 2.24) is 0 Å². The number of methoxy groups -OCH3 is 1. The van der Waals surface area contributed by atoms with E-state index in [2.05, 4.69) is 5.32 Å². The zero-order valence-corrected chi connectivity index (χ0v) is 10.5. The van der Waals surface area contributed by atoms with Crippen LogP contribution in [0.3, 0.4) is 0 Å². The number of hydrogen-bond acceptors (Lipinski definition) is 2. The van der Waals surface area contributed by atoms with Crippen molar-refractivity contribution >= 4 is 5.69 Å². The van der Waals surface area contributed by atoms with Gasteiger partial charge in [0, 0.05) is 17.8 Å². The molecule has 18 heavy (non-hydrogen) atoms. The standard InChI is InChI=1S/C15H16FNO/c1-11-14(16)4-3-5-15(11)17-10-12-6-8-13(18-2)9-7-12/h3-9,17H,10H2,1-2H3. The lowest BCUT2D eigenvalue weighted by atomic mass is 10.1. The van der Waals surface area contributed by atoms with Crippen molar-refractivity contribution in [1.29, 1.82) is 0 Å². The minimum Gasteiger partial charge on any atom is -0.497 e. The molecule has 0 heterocycles. The molecule has 2 rings (SSSR count). The SMILES string of the molecule is COc1ccc(CNc2cccc(F)c2C)cc1. The van der Waals surface area contributed by atoms with Crippen LogP contribution in [0.4, 0.5) is 10.1 Å². The molecule has 0 atom stereocenters. The van der Waals surface area contributed by atoms with Gasteiger partial charge in [-0.25, -0.2) is 4.39 Å². The summed E-state index contributed by atoms with van der Waals surface area (Å²) < 4.78 is 18.4. The van der Waals surface area contributed by atoms with Gasteiger partial charge in [0.05, 0.1) is 7.11 Å². The molecule has 3 heteroatoms. The van der Waals surface area contributed by atoms with Gasteiger partial charge in [0.2, 0.25) is 0 Å². The summed E-state index contributed by atoms with van der Waals surface area (Å²) in [5, 5.41) is 3.23. The van der Waals surface area contributed by atoms with E-state index in [-0.39, 0.29) is 5.82 Å². The molecular weight excluding hydrogens is 229 g/mol. The monoisotopic (exact) mass is 245 g/mol. The van der Waals surface area contributed by atoms with Gasteiger partial charge in [-0.3, -0.25) is 0 Å². The zero-order chi connectivity index (χ0) is 13.0. The van der Waals surface area contributed by atoms with E-state index in [1.165, 1.54) is 6.07 Å². The number of rotatable bonds is 4. The number of hydrogen-bond donors (Lipinski definition) is 1. The van der Waals surface area contributed by atoms with Gasteiger partial charge < -0.3 is 10.1 Å². The smallest absolute Gasteiger partial charge is 0.128 e. The Morgan fingerprint density at radius 2 is 1.83 bits per heavy atom. The fourth-order valence-electron chi connectivity index (χ4n) is 1.74. The molecule has 2 aromatic carbocycles. The van der Waals surface area contributed by atoms with E-state index in [0.717, 1.165) is 17.0 Å². The second-order valence-electron chi connectivity index (χ2n) is 4.11. The van der Waals surface area contributed by atoms with E-state index in [0.29, 0.717) is 12.1 Å². The van der Waals surface area contributed by atoms with Crippen LogP contribution in [0.2, 0.25) is 0 Å². The molecule has 0 spiro atoms. The van der Waals surface area contributed by atoms with Gasteiger partial charge in [-0.1, -0.05) is 18.2 Å². The maximum Gasteiger partial charge on any atom is 0.128 e. The lowest BCUT2D eigenvalue weighted by molar-refractivity contribution is 0.414. The number of halogens is 1.